The van der Waals surface area contributed by atoms with E-state index < -0.39 is 17.9 Å². The molecule has 1 saturated heterocycles. The third kappa shape index (κ3) is 7.05. The molecule has 172 valence electrons. The molecule has 0 radical (unpaired) electrons. The summed E-state index contributed by atoms with van der Waals surface area (Å²) in [4.78, 5) is 0. The van der Waals surface area contributed by atoms with Crippen molar-refractivity contribution >= 4 is 0 Å². The molecule has 0 amide bonds. The normalized spacial score (nSPS) is 18.1. The van der Waals surface area contributed by atoms with Crippen molar-refractivity contribution in [2.45, 2.75) is 58.7 Å². The standard InChI is InChI=1S/C27H32F2O3/c1-3-5-7-8-21-18-31-27(32-19-21)22-16-25(28)24(26(29)17-22)14-11-20-9-12-23(13-10-20)30-15-6-4-2/h9-10,12-13,16-17,21,27H,3-8,15,18-19H2,1-2H3. The van der Waals surface area contributed by atoms with Gasteiger partial charge in [-0.1, -0.05) is 51.4 Å². The van der Waals surface area contributed by atoms with Gasteiger partial charge in [-0.05, 0) is 49.2 Å². The molecule has 2 aromatic rings. The second kappa shape index (κ2) is 12.6. The van der Waals surface area contributed by atoms with Crippen LogP contribution in [0.3, 0.4) is 0 Å². The highest BCUT2D eigenvalue weighted by molar-refractivity contribution is 5.46. The van der Waals surface area contributed by atoms with Gasteiger partial charge in [0.25, 0.3) is 0 Å². The molecule has 3 nitrogen and oxygen atoms in total. The van der Waals surface area contributed by atoms with Crippen LogP contribution in [-0.2, 0) is 9.47 Å². The van der Waals surface area contributed by atoms with Crippen LogP contribution in [0.5, 0.6) is 5.75 Å². The monoisotopic (exact) mass is 442 g/mol. The van der Waals surface area contributed by atoms with Crippen LogP contribution in [0.1, 0.15) is 75.4 Å². The molecule has 0 spiro atoms. The third-order valence-electron chi connectivity index (χ3n) is 5.47. The molecule has 1 aliphatic heterocycles. The van der Waals surface area contributed by atoms with Crippen LogP contribution >= 0.6 is 0 Å². The van der Waals surface area contributed by atoms with Crippen molar-refractivity contribution in [2.24, 2.45) is 5.92 Å². The first-order valence-corrected chi connectivity index (χ1v) is 11.6. The summed E-state index contributed by atoms with van der Waals surface area (Å²) in [5.74, 6) is 5.08. The van der Waals surface area contributed by atoms with Crippen molar-refractivity contribution in [2.75, 3.05) is 19.8 Å². The molecule has 0 aliphatic carbocycles. The predicted molar refractivity (Wildman–Crippen MR) is 121 cm³/mol. The maximum absolute atomic E-state index is 14.6. The molecular weight excluding hydrogens is 410 g/mol. The molecule has 0 N–H and O–H groups in total. The van der Waals surface area contributed by atoms with E-state index >= 15 is 0 Å². The van der Waals surface area contributed by atoms with Gasteiger partial charge in [-0.3, -0.25) is 0 Å². The zero-order chi connectivity index (χ0) is 22.8. The largest absolute Gasteiger partial charge is 0.494 e. The van der Waals surface area contributed by atoms with Crippen molar-refractivity contribution in [3.8, 4) is 17.6 Å². The highest BCUT2D eigenvalue weighted by Gasteiger charge is 2.25. The van der Waals surface area contributed by atoms with E-state index in [9.17, 15) is 8.78 Å². The summed E-state index contributed by atoms with van der Waals surface area (Å²) in [6.45, 7) is 6.01. The smallest absolute Gasteiger partial charge is 0.184 e. The fourth-order valence-electron chi connectivity index (χ4n) is 3.54. The number of hydrogen-bond acceptors (Lipinski definition) is 3. The molecule has 0 atom stereocenters. The van der Waals surface area contributed by atoms with Crippen LogP contribution in [-0.4, -0.2) is 19.8 Å². The van der Waals surface area contributed by atoms with Crippen molar-refractivity contribution in [1.82, 2.24) is 0 Å². The topological polar surface area (TPSA) is 27.7 Å². The van der Waals surface area contributed by atoms with Gasteiger partial charge in [0, 0.05) is 17.0 Å². The fourth-order valence-corrected chi connectivity index (χ4v) is 3.54. The Kier molecular flexibility index (Phi) is 9.52. The minimum atomic E-state index is -0.747. The molecule has 32 heavy (non-hydrogen) atoms. The fraction of sp³-hybridized carbons (Fsp3) is 0.481. The van der Waals surface area contributed by atoms with Crippen LogP contribution in [0.15, 0.2) is 36.4 Å². The van der Waals surface area contributed by atoms with E-state index in [0.29, 0.717) is 36.9 Å². The van der Waals surface area contributed by atoms with Gasteiger partial charge >= 0.3 is 0 Å². The Labute approximate surface area is 190 Å². The summed E-state index contributed by atoms with van der Waals surface area (Å²) in [5.41, 5.74) is 0.736. The molecule has 0 unspecified atom stereocenters. The Morgan fingerprint density at radius 2 is 1.56 bits per heavy atom. The minimum Gasteiger partial charge on any atom is -0.494 e. The van der Waals surface area contributed by atoms with E-state index in [2.05, 4.69) is 25.7 Å². The molecule has 3 rings (SSSR count). The Bertz CT molecular complexity index is 884. The summed E-state index contributed by atoms with van der Waals surface area (Å²) < 4.78 is 46.3. The molecule has 2 aromatic carbocycles. The van der Waals surface area contributed by atoms with Gasteiger partial charge in [0.05, 0.1) is 25.4 Å². The first-order valence-electron chi connectivity index (χ1n) is 11.6. The number of rotatable bonds is 9. The Morgan fingerprint density at radius 3 is 2.19 bits per heavy atom. The Morgan fingerprint density at radius 1 is 0.906 bits per heavy atom. The third-order valence-corrected chi connectivity index (χ3v) is 5.47. The predicted octanol–water partition coefficient (Wildman–Crippen LogP) is 6.79. The minimum absolute atomic E-state index is 0.259. The van der Waals surface area contributed by atoms with Gasteiger partial charge in [-0.25, -0.2) is 8.78 Å². The quantitative estimate of drug-likeness (QED) is 0.316. The lowest BCUT2D eigenvalue weighted by Crippen LogP contribution is -2.27. The van der Waals surface area contributed by atoms with E-state index in [1.54, 1.807) is 12.1 Å². The number of halogens is 2. The zero-order valence-corrected chi connectivity index (χ0v) is 19.0. The zero-order valence-electron chi connectivity index (χ0n) is 19.0. The molecule has 0 bridgehead atoms. The van der Waals surface area contributed by atoms with Crippen molar-refractivity contribution in [1.29, 1.82) is 0 Å². The van der Waals surface area contributed by atoms with E-state index in [-0.39, 0.29) is 5.56 Å². The Balaban J connectivity index is 1.61. The molecular formula is C27H32F2O3. The summed E-state index contributed by atoms with van der Waals surface area (Å²) in [6.07, 6.45) is 5.86. The maximum Gasteiger partial charge on any atom is 0.184 e. The molecule has 0 saturated carbocycles. The molecule has 1 aliphatic rings. The first kappa shape index (κ1) is 24.2. The van der Waals surface area contributed by atoms with E-state index in [1.165, 1.54) is 25.0 Å². The van der Waals surface area contributed by atoms with Gasteiger partial charge in [-0.2, -0.15) is 0 Å². The average Bonchev–Trinajstić information content (AvgIpc) is 2.80. The van der Waals surface area contributed by atoms with Crippen LogP contribution in [0.25, 0.3) is 0 Å². The van der Waals surface area contributed by atoms with Crippen LogP contribution in [0, 0.1) is 29.4 Å². The lowest BCUT2D eigenvalue weighted by molar-refractivity contribution is -0.206. The van der Waals surface area contributed by atoms with Gasteiger partial charge in [-0.15, -0.1) is 0 Å². The number of unbranched alkanes of at least 4 members (excludes halogenated alkanes) is 3. The average molecular weight is 443 g/mol. The van der Waals surface area contributed by atoms with Crippen molar-refractivity contribution in [3.05, 3.63) is 64.7 Å². The van der Waals surface area contributed by atoms with Gasteiger partial charge < -0.3 is 14.2 Å². The second-order valence-electron chi connectivity index (χ2n) is 8.20. The summed E-state index contributed by atoms with van der Waals surface area (Å²) in [5, 5.41) is 0. The van der Waals surface area contributed by atoms with E-state index in [4.69, 9.17) is 14.2 Å². The van der Waals surface area contributed by atoms with Gasteiger partial charge in [0.15, 0.2) is 6.29 Å². The summed E-state index contributed by atoms with van der Waals surface area (Å²) in [7, 11) is 0. The van der Waals surface area contributed by atoms with E-state index in [0.717, 1.165) is 31.4 Å². The highest BCUT2D eigenvalue weighted by Crippen LogP contribution is 2.29. The van der Waals surface area contributed by atoms with Crippen molar-refractivity contribution < 1.29 is 23.0 Å². The number of hydrogen-bond donors (Lipinski definition) is 0. The highest BCUT2D eigenvalue weighted by atomic mass is 19.1. The lowest BCUT2D eigenvalue weighted by Gasteiger charge is -2.29. The second-order valence-corrected chi connectivity index (χ2v) is 8.20. The summed E-state index contributed by atoms with van der Waals surface area (Å²) >= 11 is 0. The molecule has 1 heterocycles. The molecule has 1 fully saturated rings. The van der Waals surface area contributed by atoms with E-state index in [1.807, 2.05) is 12.1 Å². The van der Waals surface area contributed by atoms with Crippen LogP contribution in [0.2, 0.25) is 0 Å². The SMILES string of the molecule is CCCCCC1COC(c2cc(F)c(C#Cc3ccc(OCCCC)cc3)c(F)c2)OC1. The first-order chi connectivity index (χ1) is 15.6. The van der Waals surface area contributed by atoms with Gasteiger partial charge in [0.1, 0.15) is 17.4 Å². The van der Waals surface area contributed by atoms with Gasteiger partial charge in [0.2, 0.25) is 0 Å². The van der Waals surface area contributed by atoms with Crippen LogP contribution < -0.4 is 4.74 Å². The number of ether oxygens (including phenoxy) is 3. The molecule has 5 heteroatoms. The summed E-state index contributed by atoms with van der Waals surface area (Å²) in [6, 6.07) is 9.67. The lowest BCUT2D eigenvalue weighted by atomic mass is 10.0. The van der Waals surface area contributed by atoms with Crippen molar-refractivity contribution in [3.63, 3.8) is 0 Å². The molecule has 0 aromatic heterocycles. The Hall–Kier alpha value is -2.42. The van der Waals surface area contributed by atoms with Crippen LogP contribution in [0.4, 0.5) is 8.78 Å². The number of benzene rings is 2. The maximum atomic E-state index is 14.6.